The molecule has 0 aromatic rings. The van der Waals surface area contributed by atoms with Gasteiger partial charge < -0.3 is 10.1 Å². The molecule has 0 spiro atoms. The van der Waals surface area contributed by atoms with Gasteiger partial charge in [-0.3, -0.25) is 15.0 Å². The van der Waals surface area contributed by atoms with E-state index < -0.39 is 6.09 Å². The normalized spacial score (nSPS) is 19.4. The maximum atomic E-state index is 11.6. The van der Waals surface area contributed by atoms with E-state index in [0.717, 1.165) is 32.5 Å². The van der Waals surface area contributed by atoms with Gasteiger partial charge in [0, 0.05) is 12.6 Å². The van der Waals surface area contributed by atoms with E-state index in [1.54, 1.807) is 0 Å². The average molecular weight is 243 g/mol. The summed E-state index contributed by atoms with van der Waals surface area (Å²) in [6.45, 7) is 5.08. The molecule has 0 saturated carbocycles. The predicted octanol–water partition coefficient (Wildman–Crippen LogP) is -0.0571. The number of nitrogens with one attached hydrogen (secondary N) is 2. The van der Waals surface area contributed by atoms with Gasteiger partial charge in [-0.15, -0.1) is 0 Å². The van der Waals surface area contributed by atoms with Crippen LogP contribution in [0.4, 0.5) is 4.79 Å². The Balaban J connectivity index is 2.42. The molecule has 6 heteroatoms. The molecule has 1 unspecified atom stereocenters. The molecule has 0 aromatic carbocycles. The molecule has 0 aliphatic carbocycles. The monoisotopic (exact) mass is 243 g/mol. The van der Waals surface area contributed by atoms with Crippen molar-refractivity contribution in [3.8, 4) is 0 Å². The van der Waals surface area contributed by atoms with Crippen LogP contribution in [0, 0.1) is 0 Å². The van der Waals surface area contributed by atoms with Gasteiger partial charge in [0.2, 0.25) is 5.91 Å². The first-order valence-corrected chi connectivity index (χ1v) is 6.00. The lowest BCUT2D eigenvalue weighted by atomic mass is 10.2. The van der Waals surface area contributed by atoms with Crippen LogP contribution in [0.25, 0.3) is 0 Å². The van der Waals surface area contributed by atoms with E-state index in [1.807, 2.05) is 0 Å². The van der Waals surface area contributed by atoms with E-state index >= 15 is 0 Å². The van der Waals surface area contributed by atoms with E-state index in [0.29, 0.717) is 6.04 Å². The molecule has 2 N–H and O–H groups in total. The first-order valence-electron chi connectivity index (χ1n) is 6.00. The van der Waals surface area contributed by atoms with Crippen molar-refractivity contribution < 1.29 is 14.3 Å². The van der Waals surface area contributed by atoms with E-state index in [9.17, 15) is 9.59 Å². The Kier molecular flexibility index (Phi) is 5.93. The first-order chi connectivity index (χ1) is 8.17. The molecular formula is C11H21N3O3. The van der Waals surface area contributed by atoms with Crippen LogP contribution >= 0.6 is 0 Å². The highest BCUT2D eigenvalue weighted by molar-refractivity contribution is 5.92. The van der Waals surface area contributed by atoms with Gasteiger partial charge in [0.25, 0.3) is 0 Å². The number of carbonyl (C=O) groups excluding carboxylic acids is 2. The van der Waals surface area contributed by atoms with Crippen molar-refractivity contribution in [2.75, 3.05) is 33.3 Å². The van der Waals surface area contributed by atoms with Gasteiger partial charge in [-0.2, -0.15) is 0 Å². The standard InChI is InChI=1S/C11H21N3O3/c1-3-6-14(9-4-5-12-7-9)8-10(15)13-11(16)17-2/h9,12H,3-8H2,1-2H3,(H,13,15,16). The minimum absolute atomic E-state index is 0.245. The molecule has 1 rings (SSSR count). The topological polar surface area (TPSA) is 70.7 Å². The smallest absolute Gasteiger partial charge is 0.413 e. The van der Waals surface area contributed by atoms with E-state index in [1.165, 1.54) is 7.11 Å². The molecule has 1 aliphatic rings. The number of methoxy groups -OCH3 is 1. The quantitative estimate of drug-likeness (QED) is 0.708. The Morgan fingerprint density at radius 1 is 1.53 bits per heavy atom. The Bertz CT molecular complexity index is 265. The summed E-state index contributed by atoms with van der Waals surface area (Å²) in [6, 6.07) is 0.387. The fourth-order valence-corrected chi connectivity index (χ4v) is 2.02. The van der Waals surface area contributed by atoms with Crippen molar-refractivity contribution in [3.05, 3.63) is 0 Å². The lowest BCUT2D eigenvalue weighted by Gasteiger charge is -2.26. The van der Waals surface area contributed by atoms with Crippen LogP contribution in [-0.4, -0.2) is 56.2 Å². The Morgan fingerprint density at radius 2 is 2.29 bits per heavy atom. The van der Waals surface area contributed by atoms with E-state index in [4.69, 9.17) is 0 Å². The van der Waals surface area contributed by atoms with Crippen molar-refractivity contribution >= 4 is 12.0 Å². The molecular weight excluding hydrogens is 222 g/mol. The second-order valence-corrected chi connectivity index (χ2v) is 4.16. The Morgan fingerprint density at radius 3 is 2.82 bits per heavy atom. The van der Waals surface area contributed by atoms with Crippen LogP contribution in [0.5, 0.6) is 0 Å². The molecule has 1 saturated heterocycles. The summed E-state index contributed by atoms with van der Waals surface area (Å²) in [5.74, 6) is -0.308. The minimum atomic E-state index is -0.698. The third kappa shape index (κ3) is 4.70. The second-order valence-electron chi connectivity index (χ2n) is 4.16. The SMILES string of the molecule is CCCN(CC(=O)NC(=O)OC)C1CCNC1. The zero-order valence-electron chi connectivity index (χ0n) is 10.5. The summed E-state index contributed by atoms with van der Waals surface area (Å²) in [7, 11) is 1.24. The van der Waals surface area contributed by atoms with Gasteiger partial charge in [0.15, 0.2) is 0 Å². The largest absolute Gasteiger partial charge is 0.453 e. The highest BCUT2D eigenvalue weighted by Gasteiger charge is 2.23. The minimum Gasteiger partial charge on any atom is -0.453 e. The summed E-state index contributed by atoms with van der Waals surface area (Å²) in [4.78, 5) is 24.6. The van der Waals surface area contributed by atoms with Crippen molar-refractivity contribution in [3.63, 3.8) is 0 Å². The highest BCUT2D eigenvalue weighted by atomic mass is 16.5. The van der Waals surface area contributed by atoms with E-state index in [-0.39, 0.29) is 12.5 Å². The molecule has 2 amide bonds. The number of amides is 2. The average Bonchev–Trinajstić information content (AvgIpc) is 2.81. The van der Waals surface area contributed by atoms with Gasteiger partial charge in [0.1, 0.15) is 0 Å². The third-order valence-electron chi connectivity index (χ3n) is 2.84. The summed E-state index contributed by atoms with van der Waals surface area (Å²) in [6.07, 6.45) is 1.34. The van der Waals surface area contributed by atoms with Crippen molar-refractivity contribution in [1.82, 2.24) is 15.5 Å². The van der Waals surface area contributed by atoms with Gasteiger partial charge in [-0.25, -0.2) is 4.79 Å². The molecule has 17 heavy (non-hydrogen) atoms. The van der Waals surface area contributed by atoms with Crippen LogP contribution in [0.15, 0.2) is 0 Å². The van der Waals surface area contributed by atoms with Gasteiger partial charge in [0.05, 0.1) is 13.7 Å². The maximum Gasteiger partial charge on any atom is 0.413 e. The number of nitrogens with zero attached hydrogens (tertiary/aromatic N) is 1. The Labute approximate surface area is 102 Å². The van der Waals surface area contributed by atoms with Crippen molar-refractivity contribution in [2.45, 2.75) is 25.8 Å². The van der Waals surface area contributed by atoms with Crippen LogP contribution < -0.4 is 10.6 Å². The van der Waals surface area contributed by atoms with Gasteiger partial charge in [-0.1, -0.05) is 6.92 Å². The number of carbonyl (C=O) groups is 2. The fourth-order valence-electron chi connectivity index (χ4n) is 2.02. The third-order valence-corrected chi connectivity index (χ3v) is 2.84. The summed E-state index contributed by atoms with van der Waals surface area (Å²) < 4.78 is 4.39. The van der Waals surface area contributed by atoms with Gasteiger partial charge in [-0.05, 0) is 25.9 Å². The van der Waals surface area contributed by atoms with Crippen LogP contribution in [0.2, 0.25) is 0 Å². The van der Waals surface area contributed by atoms with Crippen molar-refractivity contribution in [2.24, 2.45) is 0 Å². The Hall–Kier alpha value is -1.14. The molecule has 0 bridgehead atoms. The van der Waals surface area contributed by atoms with Gasteiger partial charge >= 0.3 is 6.09 Å². The predicted molar refractivity (Wildman–Crippen MR) is 63.7 cm³/mol. The van der Waals surface area contributed by atoms with Crippen LogP contribution in [-0.2, 0) is 9.53 Å². The fraction of sp³-hybridized carbons (Fsp3) is 0.818. The molecule has 98 valence electrons. The first kappa shape index (κ1) is 13.9. The highest BCUT2D eigenvalue weighted by Crippen LogP contribution is 2.08. The molecule has 1 heterocycles. The zero-order chi connectivity index (χ0) is 12.7. The summed E-state index contributed by atoms with van der Waals surface area (Å²) >= 11 is 0. The number of hydrogen-bond acceptors (Lipinski definition) is 5. The molecule has 0 aromatic heterocycles. The lowest BCUT2D eigenvalue weighted by Crippen LogP contribution is -2.45. The van der Waals surface area contributed by atoms with Crippen LogP contribution in [0.3, 0.4) is 0 Å². The van der Waals surface area contributed by atoms with E-state index in [2.05, 4.69) is 27.2 Å². The molecule has 1 aliphatic heterocycles. The maximum absolute atomic E-state index is 11.6. The number of ether oxygens (including phenoxy) is 1. The number of imide groups is 1. The number of rotatable bonds is 5. The summed E-state index contributed by atoms with van der Waals surface area (Å²) in [5, 5.41) is 5.45. The molecule has 1 atom stereocenters. The molecule has 6 nitrogen and oxygen atoms in total. The molecule has 0 radical (unpaired) electrons. The number of alkyl carbamates (subject to hydrolysis) is 1. The summed E-state index contributed by atoms with van der Waals surface area (Å²) in [5.41, 5.74) is 0. The second kappa shape index (κ2) is 7.24. The zero-order valence-corrected chi connectivity index (χ0v) is 10.5. The number of hydrogen-bond donors (Lipinski definition) is 2. The lowest BCUT2D eigenvalue weighted by molar-refractivity contribution is -0.122. The van der Waals surface area contributed by atoms with Crippen LogP contribution in [0.1, 0.15) is 19.8 Å². The van der Waals surface area contributed by atoms with Crippen molar-refractivity contribution in [1.29, 1.82) is 0 Å². The molecule has 1 fully saturated rings.